The molecular weight excluding hydrogens is 435 g/mol. The second-order valence-corrected chi connectivity index (χ2v) is 10.6. The molecule has 3 heterocycles. The van der Waals surface area contributed by atoms with E-state index < -0.39 is 26.1 Å². The van der Waals surface area contributed by atoms with E-state index in [1.165, 1.54) is 45.3 Å². The molecule has 8 nitrogen and oxygen atoms in total. The second kappa shape index (κ2) is 7.61. The summed E-state index contributed by atoms with van der Waals surface area (Å²) in [6.45, 7) is 1.72. The van der Waals surface area contributed by atoms with Crippen molar-refractivity contribution >= 4 is 43.2 Å². The van der Waals surface area contributed by atoms with Crippen molar-refractivity contribution in [3.63, 3.8) is 0 Å². The molecule has 1 aliphatic rings. The lowest BCUT2D eigenvalue weighted by Crippen LogP contribution is -2.55. The van der Waals surface area contributed by atoms with Crippen LogP contribution in [-0.2, 0) is 20.0 Å². The Balaban J connectivity index is 1.81. The highest BCUT2D eigenvalue weighted by Gasteiger charge is 2.38. The molecule has 0 bridgehead atoms. The van der Waals surface area contributed by atoms with E-state index in [1.54, 1.807) is 6.92 Å². The number of pyridine rings is 2. The third-order valence-electron chi connectivity index (χ3n) is 4.17. The predicted molar refractivity (Wildman–Crippen MR) is 101 cm³/mol. The van der Waals surface area contributed by atoms with Crippen molar-refractivity contribution in [1.82, 2.24) is 18.6 Å². The zero-order valence-corrected chi connectivity index (χ0v) is 17.3. The number of sulfonamides is 2. The molecule has 0 saturated carbocycles. The molecule has 0 spiro atoms. The van der Waals surface area contributed by atoms with E-state index >= 15 is 0 Å². The molecule has 1 unspecified atom stereocenters. The molecule has 27 heavy (non-hydrogen) atoms. The summed E-state index contributed by atoms with van der Waals surface area (Å²) in [5.41, 5.74) is 0. The van der Waals surface area contributed by atoms with Gasteiger partial charge in [-0.2, -0.15) is 8.61 Å². The summed E-state index contributed by atoms with van der Waals surface area (Å²) in [7, 11) is -7.60. The standard InChI is InChI=1S/C15H16Cl2N4O4S2/c1-11-10-20(26(22,23)12-2-4-14(16)18-8-12)6-7-21(11)27(24,25)13-3-5-15(17)19-9-13/h2-5,8-9,11H,6-7,10H2,1H3. The smallest absolute Gasteiger partial charge is 0.243 e. The van der Waals surface area contributed by atoms with Gasteiger partial charge < -0.3 is 0 Å². The third-order valence-corrected chi connectivity index (χ3v) is 8.47. The summed E-state index contributed by atoms with van der Waals surface area (Å²) in [5.74, 6) is 0. The molecule has 146 valence electrons. The monoisotopic (exact) mass is 450 g/mol. The number of halogens is 2. The fourth-order valence-corrected chi connectivity index (χ4v) is 6.04. The molecule has 1 saturated heterocycles. The van der Waals surface area contributed by atoms with Crippen LogP contribution in [0.1, 0.15) is 6.92 Å². The summed E-state index contributed by atoms with van der Waals surface area (Å²) >= 11 is 11.4. The number of hydrogen-bond acceptors (Lipinski definition) is 6. The number of piperazine rings is 1. The molecule has 2 aromatic rings. The average Bonchev–Trinajstić information content (AvgIpc) is 2.62. The van der Waals surface area contributed by atoms with Gasteiger partial charge in [-0.3, -0.25) is 0 Å². The first-order valence-electron chi connectivity index (χ1n) is 7.87. The number of aromatic nitrogens is 2. The highest BCUT2D eigenvalue weighted by atomic mass is 35.5. The van der Waals surface area contributed by atoms with E-state index in [0.29, 0.717) is 0 Å². The van der Waals surface area contributed by atoms with Crippen LogP contribution in [0.3, 0.4) is 0 Å². The minimum absolute atomic E-state index is 0.0111. The molecule has 0 aliphatic carbocycles. The van der Waals surface area contributed by atoms with Crippen LogP contribution in [0.2, 0.25) is 10.3 Å². The van der Waals surface area contributed by atoms with Crippen LogP contribution in [-0.4, -0.2) is 61.1 Å². The van der Waals surface area contributed by atoms with Gasteiger partial charge in [0.05, 0.1) is 0 Å². The summed E-state index contributed by atoms with van der Waals surface area (Å²) in [6.07, 6.45) is 2.37. The highest BCUT2D eigenvalue weighted by molar-refractivity contribution is 7.89. The van der Waals surface area contributed by atoms with Crippen LogP contribution in [0.5, 0.6) is 0 Å². The molecule has 2 aromatic heterocycles. The minimum atomic E-state index is -3.81. The van der Waals surface area contributed by atoms with E-state index in [0.717, 1.165) is 0 Å². The van der Waals surface area contributed by atoms with E-state index in [1.807, 2.05) is 0 Å². The van der Waals surface area contributed by atoms with Crippen LogP contribution in [0.25, 0.3) is 0 Å². The Morgan fingerprint density at radius 3 is 1.85 bits per heavy atom. The summed E-state index contributed by atoms with van der Waals surface area (Å²) in [4.78, 5) is 7.62. The average molecular weight is 451 g/mol. The Labute approximate surface area is 167 Å². The molecule has 1 aliphatic heterocycles. The molecule has 0 amide bonds. The van der Waals surface area contributed by atoms with Crippen molar-refractivity contribution in [2.24, 2.45) is 0 Å². The van der Waals surface area contributed by atoms with Gasteiger partial charge in [-0.15, -0.1) is 0 Å². The first-order valence-corrected chi connectivity index (χ1v) is 11.5. The maximum atomic E-state index is 12.8. The summed E-state index contributed by atoms with van der Waals surface area (Å²) < 4.78 is 53.7. The quantitative estimate of drug-likeness (QED) is 0.658. The van der Waals surface area contributed by atoms with Crippen molar-refractivity contribution in [3.8, 4) is 0 Å². The fraction of sp³-hybridized carbons (Fsp3) is 0.333. The Morgan fingerprint density at radius 1 is 0.889 bits per heavy atom. The van der Waals surface area contributed by atoms with Crippen molar-refractivity contribution in [2.75, 3.05) is 19.6 Å². The molecule has 12 heteroatoms. The van der Waals surface area contributed by atoms with E-state index in [9.17, 15) is 16.8 Å². The van der Waals surface area contributed by atoms with Gasteiger partial charge >= 0.3 is 0 Å². The maximum Gasteiger partial charge on any atom is 0.244 e. The van der Waals surface area contributed by atoms with Crippen molar-refractivity contribution in [3.05, 3.63) is 47.0 Å². The predicted octanol–water partition coefficient (Wildman–Crippen LogP) is 1.87. The number of nitrogens with zero attached hydrogens (tertiary/aromatic N) is 4. The molecule has 1 atom stereocenters. The molecule has 0 N–H and O–H groups in total. The Kier molecular flexibility index (Phi) is 5.76. The first-order chi connectivity index (χ1) is 12.6. The van der Waals surface area contributed by atoms with Crippen LogP contribution >= 0.6 is 23.2 Å². The minimum Gasteiger partial charge on any atom is -0.243 e. The zero-order valence-electron chi connectivity index (χ0n) is 14.2. The summed E-state index contributed by atoms with van der Waals surface area (Å²) in [6, 6.07) is 4.98. The van der Waals surface area contributed by atoms with Gasteiger partial charge in [0, 0.05) is 38.1 Å². The van der Waals surface area contributed by atoms with Gasteiger partial charge in [-0.1, -0.05) is 23.2 Å². The van der Waals surface area contributed by atoms with Crippen LogP contribution < -0.4 is 0 Å². The first kappa shape index (κ1) is 20.4. The van der Waals surface area contributed by atoms with Gasteiger partial charge in [-0.25, -0.2) is 26.8 Å². The van der Waals surface area contributed by atoms with Crippen LogP contribution in [0, 0.1) is 0 Å². The van der Waals surface area contributed by atoms with Gasteiger partial charge in [0.2, 0.25) is 20.0 Å². The number of hydrogen-bond donors (Lipinski definition) is 0. The largest absolute Gasteiger partial charge is 0.244 e. The number of rotatable bonds is 4. The zero-order chi connectivity index (χ0) is 19.8. The molecule has 1 fully saturated rings. The lowest BCUT2D eigenvalue weighted by atomic mass is 10.3. The molecule has 3 rings (SSSR count). The van der Waals surface area contributed by atoms with Gasteiger partial charge in [0.25, 0.3) is 0 Å². The maximum absolute atomic E-state index is 12.8. The Morgan fingerprint density at radius 2 is 1.41 bits per heavy atom. The lowest BCUT2D eigenvalue weighted by Gasteiger charge is -2.38. The van der Waals surface area contributed by atoms with Crippen molar-refractivity contribution in [1.29, 1.82) is 0 Å². The second-order valence-electron chi connectivity index (χ2n) is 5.96. The van der Waals surface area contributed by atoms with Crippen molar-refractivity contribution in [2.45, 2.75) is 22.8 Å². The topological polar surface area (TPSA) is 101 Å². The third kappa shape index (κ3) is 4.10. The fourth-order valence-electron chi connectivity index (χ4n) is 2.80. The van der Waals surface area contributed by atoms with Gasteiger partial charge in [0.15, 0.2) is 0 Å². The molecule has 0 aromatic carbocycles. The Bertz CT molecular complexity index is 1030. The molecule has 0 radical (unpaired) electrons. The van der Waals surface area contributed by atoms with E-state index in [2.05, 4.69) is 9.97 Å². The van der Waals surface area contributed by atoms with Crippen molar-refractivity contribution < 1.29 is 16.8 Å². The Hall–Kier alpha value is -1.30. The van der Waals surface area contributed by atoms with Crippen LogP contribution in [0.15, 0.2) is 46.5 Å². The van der Waals surface area contributed by atoms with E-state index in [-0.39, 0.29) is 39.7 Å². The normalized spacial score (nSPS) is 19.9. The lowest BCUT2D eigenvalue weighted by molar-refractivity contribution is 0.212. The van der Waals surface area contributed by atoms with E-state index in [4.69, 9.17) is 23.2 Å². The highest BCUT2D eigenvalue weighted by Crippen LogP contribution is 2.25. The molecular formula is C15H16Cl2N4O4S2. The van der Waals surface area contributed by atoms with Crippen LogP contribution in [0.4, 0.5) is 0 Å². The summed E-state index contributed by atoms with van der Waals surface area (Å²) in [5, 5.41) is 0.379. The van der Waals surface area contributed by atoms with Gasteiger partial charge in [0.1, 0.15) is 20.1 Å². The van der Waals surface area contributed by atoms with Gasteiger partial charge in [-0.05, 0) is 31.2 Å². The SMILES string of the molecule is CC1CN(S(=O)(=O)c2ccc(Cl)nc2)CCN1S(=O)(=O)c1ccc(Cl)nc1.